The smallest absolute Gasteiger partial charge is 0.272 e. The summed E-state index contributed by atoms with van der Waals surface area (Å²) in [5, 5.41) is 1.17. The number of carbonyl (C=O) groups excluding carboxylic acids is 2. The van der Waals surface area contributed by atoms with Crippen molar-refractivity contribution < 1.29 is 22.8 Å². The number of halogens is 3. The SMILES string of the molecule is CCCC1C(=O)NN(c2ccnc3c(C(F)(F)F)cccc23)C1=O. The summed E-state index contributed by atoms with van der Waals surface area (Å²) in [6, 6.07) is 5.04. The number of benzene rings is 1. The summed E-state index contributed by atoms with van der Waals surface area (Å²) in [5.41, 5.74) is 1.48. The van der Waals surface area contributed by atoms with Gasteiger partial charge in [0.05, 0.1) is 16.8 Å². The van der Waals surface area contributed by atoms with Crippen molar-refractivity contribution in [2.24, 2.45) is 5.92 Å². The Morgan fingerprint density at radius 1 is 1.25 bits per heavy atom. The lowest BCUT2D eigenvalue weighted by atomic mass is 10.0. The maximum atomic E-state index is 13.1. The number of aromatic nitrogens is 1. The first-order valence-electron chi connectivity index (χ1n) is 7.44. The largest absolute Gasteiger partial charge is 0.418 e. The lowest BCUT2D eigenvalue weighted by Gasteiger charge is -2.19. The van der Waals surface area contributed by atoms with Crippen LogP contribution in [0.5, 0.6) is 0 Å². The number of pyridine rings is 1. The molecule has 126 valence electrons. The number of hydrazine groups is 1. The van der Waals surface area contributed by atoms with E-state index in [4.69, 9.17) is 0 Å². The first kappa shape index (κ1) is 16.2. The number of hydrogen-bond acceptors (Lipinski definition) is 3. The molecule has 1 saturated heterocycles. The van der Waals surface area contributed by atoms with Crippen LogP contribution < -0.4 is 10.4 Å². The summed E-state index contributed by atoms with van der Waals surface area (Å²) in [6.45, 7) is 1.85. The average Bonchev–Trinajstić information content (AvgIpc) is 2.81. The third-order valence-corrected chi connectivity index (χ3v) is 3.93. The molecule has 1 aromatic carbocycles. The second kappa shape index (κ2) is 5.77. The molecule has 2 amide bonds. The monoisotopic (exact) mass is 337 g/mol. The first-order chi connectivity index (χ1) is 11.3. The van der Waals surface area contributed by atoms with Gasteiger partial charge in [0.25, 0.3) is 11.8 Å². The molecule has 1 fully saturated rings. The Bertz CT molecular complexity index is 820. The molecule has 0 aliphatic carbocycles. The Balaban J connectivity index is 2.12. The van der Waals surface area contributed by atoms with Crippen LogP contribution in [0, 0.1) is 5.92 Å². The van der Waals surface area contributed by atoms with Crippen LogP contribution in [0.3, 0.4) is 0 Å². The maximum Gasteiger partial charge on any atom is 0.418 e. The van der Waals surface area contributed by atoms with Crippen molar-refractivity contribution in [3.05, 3.63) is 36.0 Å². The third-order valence-electron chi connectivity index (χ3n) is 3.93. The second-order valence-corrected chi connectivity index (χ2v) is 5.52. The van der Waals surface area contributed by atoms with Crippen molar-refractivity contribution in [2.75, 3.05) is 5.01 Å². The number of nitrogens with one attached hydrogen (secondary N) is 1. The number of fused-ring (bicyclic) bond motifs is 1. The summed E-state index contributed by atoms with van der Waals surface area (Å²) in [7, 11) is 0. The van der Waals surface area contributed by atoms with Gasteiger partial charge in [-0.1, -0.05) is 25.5 Å². The van der Waals surface area contributed by atoms with Crippen LogP contribution in [-0.4, -0.2) is 16.8 Å². The molecule has 1 unspecified atom stereocenters. The van der Waals surface area contributed by atoms with Gasteiger partial charge in [-0.3, -0.25) is 20.0 Å². The molecule has 2 heterocycles. The molecule has 0 spiro atoms. The highest BCUT2D eigenvalue weighted by Gasteiger charge is 2.40. The fraction of sp³-hybridized carbons (Fsp3) is 0.312. The van der Waals surface area contributed by atoms with Gasteiger partial charge in [0, 0.05) is 11.6 Å². The highest BCUT2D eigenvalue weighted by atomic mass is 19.4. The fourth-order valence-electron chi connectivity index (χ4n) is 2.82. The minimum absolute atomic E-state index is 0.151. The molecule has 1 aliphatic rings. The predicted molar refractivity (Wildman–Crippen MR) is 80.8 cm³/mol. The van der Waals surface area contributed by atoms with E-state index in [0.29, 0.717) is 12.8 Å². The van der Waals surface area contributed by atoms with Gasteiger partial charge < -0.3 is 0 Å². The normalized spacial score (nSPS) is 18.3. The van der Waals surface area contributed by atoms with E-state index < -0.39 is 29.5 Å². The van der Waals surface area contributed by atoms with E-state index in [-0.39, 0.29) is 16.6 Å². The van der Waals surface area contributed by atoms with Crippen LogP contribution in [0.2, 0.25) is 0 Å². The summed E-state index contributed by atoms with van der Waals surface area (Å²) in [5.74, 6) is -1.73. The zero-order valence-electron chi connectivity index (χ0n) is 12.7. The summed E-state index contributed by atoms with van der Waals surface area (Å²) in [6.07, 6.45) is -2.33. The van der Waals surface area contributed by atoms with Crippen molar-refractivity contribution >= 4 is 28.4 Å². The third kappa shape index (κ3) is 2.57. The Morgan fingerprint density at radius 2 is 2.00 bits per heavy atom. The van der Waals surface area contributed by atoms with Gasteiger partial charge in [-0.2, -0.15) is 13.2 Å². The van der Waals surface area contributed by atoms with Crippen molar-refractivity contribution in [2.45, 2.75) is 25.9 Å². The number of para-hydroxylation sites is 1. The topological polar surface area (TPSA) is 62.3 Å². The van der Waals surface area contributed by atoms with Gasteiger partial charge in [-0.15, -0.1) is 0 Å². The molecular formula is C16H14F3N3O2. The molecule has 24 heavy (non-hydrogen) atoms. The molecule has 5 nitrogen and oxygen atoms in total. The van der Waals surface area contributed by atoms with Crippen LogP contribution in [0.1, 0.15) is 25.3 Å². The Kier molecular flexibility index (Phi) is 3.90. The van der Waals surface area contributed by atoms with E-state index in [1.807, 2.05) is 6.92 Å². The fourth-order valence-corrected chi connectivity index (χ4v) is 2.82. The van der Waals surface area contributed by atoms with Crippen molar-refractivity contribution in [1.29, 1.82) is 0 Å². The minimum Gasteiger partial charge on any atom is -0.272 e. The Morgan fingerprint density at radius 3 is 2.67 bits per heavy atom. The summed E-state index contributed by atoms with van der Waals surface area (Å²) >= 11 is 0. The molecule has 1 atom stereocenters. The van der Waals surface area contributed by atoms with Crippen LogP contribution >= 0.6 is 0 Å². The second-order valence-electron chi connectivity index (χ2n) is 5.52. The molecule has 0 radical (unpaired) electrons. The zero-order valence-corrected chi connectivity index (χ0v) is 12.7. The van der Waals surface area contributed by atoms with Crippen LogP contribution in [0.4, 0.5) is 18.9 Å². The van der Waals surface area contributed by atoms with Gasteiger partial charge in [-0.25, -0.2) is 5.01 Å². The number of amides is 2. The number of alkyl halides is 3. The molecule has 1 aromatic heterocycles. The molecule has 0 bridgehead atoms. The summed E-state index contributed by atoms with van der Waals surface area (Å²) in [4.78, 5) is 28.2. The van der Waals surface area contributed by atoms with Gasteiger partial charge in [0.15, 0.2) is 0 Å². The minimum atomic E-state index is -4.56. The number of nitrogens with zero attached hydrogens (tertiary/aromatic N) is 2. The lowest BCUT2D eigenvalue weighted by molar-refractivity contribution is -0.136. The Hall–Kier alpha value is -2.64. The van der Waals surface area contributed by atoms with Crippen LogP contribution in [0.15, 0.2) is 30.5 Å². The number of carbonyl (C=O) groups is 2. The quantitative estimate of drug-likeness (QED) is 0.876. The van der Waals surface area contributed by atoms with E-state index in [9.17, 15) is 22.8 Å². The molecular weight excluding hydrogens is 323 g/mol. The molecule has 1 N–H and O–H groups in total. The van der Waals surface area contributed by atoms with Crippen molar-refractivity contribution in [1.82, 2.24) is 10.4 Å². The average molecular weight is 337 g/mol. The van der Waals surface area contributed by atoms with E-state index in [1.54, 1.807) is 0 Å². The number of anilines is 1. The maximum absolute atomic E-state index is 13.1. The van der Waals surface area contributed by atoms with Gasteiger partial charge in [0.2, 0.25) is 0 Å². The Labute approximate surface area is 135 Å². The molecule has 0 saturated carbocycles. The number of hydrogen-bond donors (Lipinski definition) is 1. The van der Waals surface area contributed by atoms with Crippen molar-refractivity contribution in [3.63, 3.8) is 0 Å². The van der Waals surface area contributed by atoms with E-state index in [1.165, 1.54) is 24.4 Å². The van der Waals surface area contributed by atoms with E-state index in [2.05, 4.69) is 10.4 Å². The van der Waals surface area contributed by atoms with Crippen molar-refractivity contribution in [3.8, 4) is 0 Å². The van der Waals surface area contributed by atoms with Gasteiger partial charge >= 0.3 is 6.18 Å². The van der Waals surface area contributed by atoms with Gasteiger partial charge in [-0.05, 0) is 18.6 Å². The first-order valence-corrected chi connectivity index (χ1v) is 7.44. The molecule has 3 rings (SSSR count). The standard InChI is InChI=1S/C16H14F3N3O2/c1-2-4-10-14(23)21-22(15(10)24)12-7-8-20-13-9(12)5-3-6-11(13)16(17,18)19/h3,5-8,10H,2,4H2,1H3,(H,21,23). The van der Waals surface area contributed by atoms with Crippen LogP contribution in [-0.2, 0) is 15.8 Å². The van der Waals surface area contributed by atoms with E-state index >= 15 is 0 Å². The predicted octanol–water partition coefficient (Wildman–Crippen LogP) is 3.05. The molecule has 2 aromatic rings. The van der Waals surface area contributed by atoms with Gasteiger partial charge in [0.1, 0.15) is 5.92 Å². The summed E-state index contributed by atoms with van der Waals surface area (Å²) < 4.78 is 39.4. The highest BCUT2D eigenvalue weighted by Crippen LogP contribution is 2.37. The molecule has 1 aliphatic heterocycles. The molecule has 8 heteroatoms. The zero-order chi connectivity index (χ0) is 17.5. The highest BCUT2D eigenvalue weighted by molar-refractivity contribution is 6.16. The number of rotatable bonds is 3. The lowest BCUT2D eigenvalue weighted by Crippen LogP contribution is -2.36. The van der Waals surface area contributed by atoms with Crippen LogP contribution in [0.25, 0.3) is 10.9 Å². The van der Waals surface area contributed by atoms with E-state index in [0.717, 1.165) is 11.1 Å².